The average Bonchev–Trinajstić information content (AvgIpc) is 3.99. The van der Waals surface area contributed by atoms with E-state index in [1.807, 2.05) is 0 Å². The lowest BCUT2D eigenvalue weighted by atomic mass is 10.2. The van der Waals surface area contributed by atoms with Crippen molar-refractivity contribution >= 4 is 71.2 Å². The highest BCUT2D eigenvalue weighted by atomic mass is 33.1. The number of nitrogens with two attached hydrogens (primary N) is 2. The molecule has 26 heteroatoms. The molecule has 2 unspecified atom stereocenters. The second-order valence-electron chi connectivity index (χ2n) is 13.7. The van der Waals surface area contributed by atoms with Gasteiger partial charge >= 0.3 is 15.6 Å². The van der Waals surface area contributed by atoms with E-state index < -0.39 is 59.1 Å². The Morgan fingerprint density at radius 3 is 1.79 bits per heavy atom. The van der Waals surface area contributed by atoms with Gasteiger partial charge in [-0.25, -0.2) is 39.0 Å². The summed E-state index contributed by atoms with van der Waals surface area (Å²) in [6.45, 7) is -0.613. The quantitative estimate of drug-likeness (QED) is 0.0312. The monoisotopic (exact) mass is 892 g/mol. The van der Waals surface area contributed by atoms with E-state index in [0.717, 1.165) is 50.0 Å². The standard InChI is InChI=1S/C32H50N10O12P2S2/c33-29-27-31(37-17-35-29)41(19-39-27)25-13-21(44)24(53-25)16-51-55(45,46)49-9-5-1-3-7-11-57-58-12-8-4-2-6-10-50-56(47,48)54-22-14-26(52-23(22)15-43)42-20-40-28-30(34)36-18-38-32(28)42/h17-26,43-44H,1-16H2,(H,45,46)(H,47,48)(H2,33,35,37)(H2,34,36,38)/t21-,22-,23+,24+,25+,26+/m0/s1. The second kappa shape index (κ2) is 21.3. The molecule has 2 saturated heterocycles. The summed E-state index contributed by atoms with van der Waals surface area (Å²) in [5.41, 5.74) is 13.4. The van der Waals surface area contributed by atoms with Gasteiger partial charge in [0.25, 0.3) is 0 Å². The number of aliphatic hydroxyl groups excluding tert-OH is 2. The summed E-state index contributed by atoms with van der Waals surface area (Å²) in [5, 5.41) is 20.3. The minimum absolute atomic E-state index is 0.0613. The van der Waals surface area contributed by atoms with Crippen LogP contribution in [0.1, 0.15) is 76.7 Å². The van der Waals surface area contributed by atoms with E-state index in [4.69, 9.17) is 39.0 Å². The van der Waals surface area contributed by atoms with E-state index in [9.17, 15) is 29.1 Å². The number of phosphoric ester groups is 2. The van der Waals surface area contributed by atoms with Gasteiger partial charge in [-0.1, -0.05) is 47.3 Å². The molecule has 2 fully saturated rings. The van der Waals surface area contributed by atoms with Crippen LogP contribution >= 0.6 is 37.2 Å². The van der Waals surface area contributed by atoms with Crippen molar-refractivity contribution in [2.45, 2.75) is 101 Å². The predicted octanol–water partition coefficient (Wildman–Crippen LogP) is 3.90. The summed E-state index contributed by atoms with van der Waals surface area (Å²) in [4.78, 5) is 45.1. The number of unbranched alkanes of at least 4 members (excludes halogenated alkanes) is 6. The lowest BCUT2D eigenvalue weighted by Gasteiger charge is -2.19. The highest BCUT2D eigenvalue weighted by Gasteiger charge is 2.42. The highest BCUT2D eigenvalue weighted by molar-refractivity contribution is 8.76. The van der Waals surface area contributed by atoms with E-state index in [1.54, 1.807) is 30.7 Å². The van der Waals surface area contributed by atoms with Gasteiger partial charge in [0.2, 0.25) is 0 Å². The van der Waals surface area contributed by atoms with Crippen molar-refractivity contribution < 1.29 is 56.7 Å². The smallest absolute Gasteiger partial charge is 0.394 e. The second-order valence-corrected chi connectivity index (χ2v) is 19.2. The van der Waals surface area contributed by atoms with Gasteiger partial charge < -0.3 is 40.9 Å². The first-order valence-electron chi connectivity index (χ1n) is 18.9. The Kier molecular flexibility index (Phi) is 16.5. The summed E-state index contributed by atoms with van der Waals surface area (Å²) < 4.78 is 60.9. The Morgan fingerprint density at radius 1 is 0.707 bits per heavy atom. The molecule has 0 aromatic carbocycles. The normalized spacial score (nSPS) is 24.5. The fourth-order valence-electron chi connectivity index (χ4n) is 6.46. The number of rotatable bonds is 25. The molecular weight excluding hydrogens is 842 g/mol. The number of nitrogen functional groups attached to an aromatic ring is 2. The maximum absolute atomic E-state index is 12.7. The lowest BCUT2D eigenvalue weighted by Crippen LogP contribution is -2.27. The SMILES string of the molecule is Nc1ncnc2c1ncn2[C@H]1C[C@H](OP(=O)(O)OCCCCCCSSCCCCCCOP(=O)(O)OC[C@H]2O[C@@H](n3cnc4c(N)ncnc43)C[C@@H]2O)[C@@H](CO)O1. The van der Waals surface area contributed by atoms with Gasteiger partial charge in [0, 0.05) is 24.3 Å². The van der Waals surface area contributed by atoms with Gasteiger partial charge in [-0.15, -0.1) is 0 Å². The maximum atomic E-state index is 12.7. The van der Waals surface area contributed by atoms with E-state index in [-0.39, 0.29) is 44.3 Å². The van der Waals surface area contributed by atoms with Crippen LogP contribution in [0.25, 0.3) is 22.3 Å². The molecule has 0 aliphatic carbocycles. The molecule has 6 heterocycles. The molecule has 322 valence electrons. The lowest BCUT2D eigenvalue weighted by molar-refractivity contribution is -0.0439. The van der Waals surface area contributed by atoms with E-state index in [0.29, 0.717) is 35.2 Å². The molecule has 2 aliphatic rings. The van der Waals surface area contributed by atoms with Crippen molar-refractivity contribution in [2.24, 2.45) is 0 Å². The summed E-state index contributed by atoms with van der Waals surface area (Å²) >= 11 is 0. The molecule has 0 radical (unpaired) electrons. The minimum Gasteiger partial charge on any atom is -0.394 e. The Balaban J connectivity index is 0.735. The molecule has 58 heavy (non-hydrogen) atoms. The minimum atomic E-state index is -4.39. The summed E-state index contributed by atoms with van der Waals surface area (Å²) in [6, 6.07) is 0. The van der Waals surface area contributed by atoms with Gasteiger partial charge in [0.1, 0.15) is 54.5 Å². The molecular formula is C32H50N10O12P2S2. The van der Waals surface area contributed by atoms with Gasteiger partial charge in [-0.2, -0.15) is 0 Å². The summed E-state index contributed by atoms with van der Waals surface area (Å²) in [7, 11) is -5.11. The third-order valence-electron chi connectivity index (χ3n) is 9.47. The fraction of sp³-hybridized carbons (Fsp3) is 0.688. The van der Waals surface area contributed by atoms with Crippen molar-refractivity contribution in [3.8, 4) is 0 Å². The Bertz CT molecular complexity index is 2020. The third kappa shape index (κ3) is 12.3. The van der Waals surface area contributed by atoms with E-state index in [1.165, 1.54) is 25.3 Å². The number of ether oxygens (including phenoxy) is 2. The fourth-order valence-corrected chi connectivity index (χ4v) is 10.5. The molecule has 0 spiro atoms. The third-order valence-corrected chi connectivity index (χ3v) is 14.1. The molecule has 2 aliphatic heterocycles. The molecule has 22 nitrogen and oxygen atoms in total. The molecule has 8 atom stereocenters. The first-order chi connectivity index (χ1) is 27.9. The molecule has 8 N–H and O–H groups in total. The first-order valence-corrected chi connectivity index (χ1v) is 24.4. The topological polar surface area (TPSA) is 310 Å². The number of hydrogen-bond donors (Lipinski definition) is 6. The van der Waals surface area contributed by atoms with Crippen LogP contribution in [0.4, 0.5) is 11.6 Å². The molecule has 4 aromatic rings. The van der Waals surface area contributed by atoms with Crippen LogP contribution in [0.3, 0.4) is 0 Å². The zero-order valence-corrected chi connectivity index (χ0v) is 35.0. The number of aliphatic hydroxyl groups is 2. The summed E-state index contributed by atoms with van der Waals surface area (Å²) in [5.74, 6) is 2.41. The number of aromatic nitrogens is 8. The largest absolute Gasteiger partial charge is 0.472 e. The number of nitrogens with zero attached hydrogens (tertiary/aromatic N) is 8. The van der Waals surface area contributed by atoms with Crippen LogP contribution in [0.2, 0.25) is 0 Å². The predicted molar refractivity (Wildman–Crippen MR) is 214 cm³/mol. The van der Waals surface area contributed by atoms with Crippen molar-refractivity contribution in [2.75, 3.05) is 49.4 Å². The number of imidazole rings is 2. The van der Waals surface area contributed by atoms with Crippen molar-refractivity contribution in [1.82, 2.24) is 39.0 Å². The van der Waals surface area contributed by atoms with Crippen LogP contribution in [0.15, 0.2) is 25.3 Å². The van der Waals surface area contributed by atoms with E-state index >= 15 is 0 Å². The van der Waals surface area contributed by atoms with Crippen LogP contribution in [0, 0.1) is 0 Å². The molecule has 0 amide bonds. The molecule has 4 aromatic heterocycles. The van der Waals surface area contributed by atoms with Crippen molar-refractivity contribution in [1.29, 1.82) is 0 Å². The Hall–Kier alpha value is -2.54. The van der Waals surface area contributed by atoms with Gasteiger partial charge in [0.15, 0.2) is 22.9 Å². The Morgan fingerprint density at radius 2 is 1.22 bits per heavy atom. The van der Waals surface area contributed by atoms with Crippen LogP contribution in [-0.4, -0.2) is 121 Å². The maximum Gasteiger partial charge on any atom is 0.472 e. The van der Waals surface area contributed by atoms with Gasteiger partial charge in [-0.3, -0.25) is 27.2 Å². The molecule has 0 saturated carbocycles. The molecule has 6 rings (SSSR count). The van der Waals surface area contributed by atoms with E-state index in [2.05, 4.69) is 29.9 Å². The summed E-state index contributed by atoms with van der Waals surface area (Å²) in [6.07, 6.45) is 7.98. The van der Waals surface area contributed by atoms with Crippen molar-refractivity contribution in [3.05, 3.63) is 25.3 Å². The number of phosphoric acid groups is 2. The zero-order chi connectivity index (χ0) is 41.1. The Labute approximate surface area is 341 Å². The van der Waals surface area contributed by atoms with Crippen LogP contribution < -0.4 is 11.5 Å². The van der Waals surface area contributed by atoms with Crippen molar-refractivity contribution in [3.63, 3.8) is 0 Å². The van der Waals surface area contributed by atoms with Gasteiger partial charge in [-0.05, 0) is 25.7 Å². The number of hydrogen-bond acceptors (Lipinski definition) is 20. The molecule has 0 bridgehead atoms. The highest BCUT2D eigenvalue weighted by Crippen LogP contribution is 2.49. The van der Waals surface area contributed by atoms with Gasteiger partial charge in [0.05, 0.1) is 45.2 Å². The zero-order valence-electron chi connectivity index (χ0n) is 31.6. The first kappa shape index (κ1) is 45.0. The number of fused-ring (bicyclic) bond motifs is 2. The average molecular weight is 893 g/mol. The number of anilines is 2. The van der Waals surface area contributed by atoms with Crippen LogP contribution in [0.5, 0.6) is 0 Å². The van der Waals surface area contributed by atoms with Crippen LogP contribution in [-0.2, 0) is 36.7 Å².